The number of hydrogen-bond donors (Lipinski definition) is 3. The lowest BCUT2D eigenvalue weighted by atomic mass is 9.85. The number of esters is 1. The highest BCUT2D eigenvalue weighted by Gasteiger charge is 2.28. The van der Waals surface area contributed by atoms with Gasteiger partial charge in [-0.3, -0.25) is 4.79 Å². The fraction of sp³-hybridized carbons (Fsp3) is 0.513. The molecule has 4 rings (SSSR count). The van der Waals surface area contributed by atoms with Crippen molar-refractivity contribution in [1.29, 1.82) is 0 Å². The Hall–Kier alpha value is -3.15. The van der Waals surface area contributed by atoms with E-state index >= 15 is 0 Å². The summed E-state index contributed by atoms with van der Waals surface area (Å²) in [6, 6.07) is 20.9. The Morgan fingerprint density at radius 2 is 1.39 bits per heavy atom. The Morgan fingerprint density at radius 1 is 0.864 bits per heavy atom. The number of phenols is 1. The number of carbonyl (C=O) groups excluding carboxylic acids is 1. The van der Waals surface area contributed by atoms with Crippen LogP contribution in [-0.4, -0.2) is 21.3 Å². The maximum Gasteiger partial charge on any atom is 0.316 e. The summed E-state index contributed by atoms with van der Waals surface area (Å²) < 4.78 is 5.18. The van der Waals surface area contributed by atoms with Gasteiger partial charge < -0.3 is 20.1 Å². The van der Waals surface area contributed by atoms with E-state index in [1.807, 2.05) is 39.0 Å². The number of phenolic OH excluding ortho intramolecular Hbond substituents is 1. The quantitative estimate of drug-likeness (QED) is 0.185. The highest BCUT2D eigenvalue weighted by Crippen LogP contribution is 2.36. The minimum atomic E-state index is -0.885. The van der Waals surface area contributed by atoms with Crippen molar-refractivity contribution in [3.05, 3.63) is 94.5 Å². The Bertz CT molecular complexity index is 1310. The van der Waals surface area contributed by atoms with Gasteiger partial charge in [0.25, 0.3) is 0 Å². The van der Waals surface area contributed by atoms with Crippen molar-refractivity contribution in [3.8, 4) is 11.5 Å². The number of ether oxygens (including phenoxy) is 1. The van der Waals surface area contributed by atoms with E-state index in [1.54, 1.807) is 51.0 Å². The average Bonchev–Trinajstić information content (AvgIpc) is 3.26. The molecule has 0 heterocycles. The van der Waals surface area contributed by atoms with Crippen molar-refractivity contribution in [1.82, 2.24) is 0 Å². The molecule has 5 nitrogen and oxygen atoms in total. The fourth-order valence-corrected chi connectivity index (χ4v) is 4.78. The van der Waals surface area contributed by atoms with Crippen LogP contribution in [0.1, 0.15) is 129 Å². The maximum absolute atomic E-state index is 11.7. The molecule has 3 aromatic rings. The van der Waals surface area contributed by atoms with Gasteiger partial charge in [0.15, 0.2) is 0 Å². The lowest BCUT2D eigenvalue weighted by Gasteiger charge is -2.26. The van der Waals surface area contributed by atoms with Crippen LogP contribution in [0.5, 0.6) is 11.5 Å². The van der Waals surface area contributed by atoms with Gasteiger partial charge in [0, 0.05) is 0 Å². The van der Waals surface area contributed by atoms with Crippen LogP contribution in [0.25, 0.3) is 0 Å². The summed E-state index contributed by atoms with van der Waals surface area (Å²) in [7, 11) is 0. The number of rotatable bonds is 7. The first-order valence-corrected chi connectivity index (χ1v) is 16.0. The molecule has 0 radical (unpaired) electrons. The molecule has 44 heavy (non-hydrogen) atoms. The van der Waals surface area contributed by atoms with Crippen molar-refractivity contribution in [2.45, 2.75) is 118 Å². The van der Waals surface area contributed by atoms with Crippen molar-refractivity contribution < 1.29 is 24.9 Å². The highest BCUT2D eigenvalue weighted by molar-refractivity contribution is 5.78. The van der Waals surface area contributed by atoms with Gasteiger partial charge in [-0.05, 0) is 131 Å². The van der Waals surface area contributed by atoms with E-state index in [-0.39, 0.29) is 11.7 Å². The molecule has 3 unspecified atom stereocenters. The SMILES string of the molecule is CC1Cc2ccccc2C1C.CCC(C)(C)C(=O)Oc1ccc(O)cc1.CCC(C)c1cc(C(C)(C)O)cc(C(C)(C)O)c1. The molecule has 0 saturated carbocycles. The first kappa shape index (κ1) is 37.0. The zero-order valence-corrected chi connectivity index (χ0v) is 28.9. The first-order valence-electron chi connectivity index (χ1n) is 16.0. The average molecular weight is 605 g/mol. The fourth-order valence-electron chi connectivity index (χ4n) is 4.78. The lowest BCUT2D eigenvalue weighted by Crippen LogP contribution is -2.28. The normalized spacial score (nSPS) is 16.9. The number of benzene rings is 3. The van der Waals surface area contributed by atoms with Crippen molar-refractivity contribution >= 4 is 5.97 Å². The second-order valence-corrected chi connectivity index (χ2v) is 14.1. The summed E-state index contributed by atoms with van der Waals surface area (Å²) in [4.78, 5) is 11.7. The van der Waals surface area contributed by atoms with Gasteiger partial charge in [-0.25, -0.2) is 0 Å². The smallest absolute Gasteiger partial charge is 0.316 e. The molecule has 3 atom stereocenters. The number of hydrogen-bond acceptors (Lipinski definition) is 5. The predicted octanol–water partition coefficient (Wildman–Crippen LogP) is 9.37. The Kier molecular flexibility index (Phi) is 12.8. The predicted molar refractivity (Wildman–Crippen MR) is 181 cm³/mol. The number of aliphatic hydroxyl groups is 2. The second kappa shape index (κ2) is 15.2. The van der Waals surface area contributed by atoms with Gasteiger partial charge in [0.1, 0.15) is 11.5 Å². The Labute approximate surface area is 266 Å². The molecular formula is C39H56O5. The summed E-state index contributed by atoms with van der Waals surface area (Å²) in [6.45, 7) is 21.7. The van der Waals surface area contributed by atoms with E-state index in [2.05, 4.69) is 52.0 Å². The standard InChI is InChI=1S/C16H26O2.C12H16O3.C11H14/c1-7-11(2)12-8-13(15(3,4)17)10-14(9-12)16(5,6)18;1-4-12(2,3)11(14)15-10-7-5-9(13)6-8-10;1-8-7-10-5-3-4-6-11(10)9(8)2/h8-11,17-18H,7H2,1-6H3;5-8,13H,4H2,1-3H3;3-6,8-9H,7H2,1-2H3. The van der Waals surface area contributed by atoms with E-state index in [0.717, 1.165) is 35.8 Å². The first-order chi connectivity index (χ1) is 20.3. The minimum Gasteiger partial charge on any atom is -0.508 e. The van der Waals surface area contributed by atoms with Crippen LogP contribution in [0, 0.1) is 11.3 Å². The van der Waals surface area contributed by atoms with Crippen molar-refractivity contribution in [2.24, 2.45) is 11.3 Å². The van der Waals surface area contributed by atoms with Crippen LogP contribution >= 0.6 is 0 Å². The molecule has 0 spiro atoms. The third kappa shape index (κ3) is 10.5. The van der Waals surface area contributed by atoms with E-state index in [9.17, 15) is 15.0 Å². The zero-order chi connectivity index (χ0) is 33.5. The molecule has 0 aromatic heterocycles. The zero-order valence-electron chi connectivity index (χ0n) is 28.9. The summed E-state index contributed by atoms with van der Waals surface area (Å²) in [5.41, 5.74) is 3.78. The molecule has 1 aliphatic rings. The van der Waals surface area contributed by atoms with Crippen LogP contribution in [0.4, 0.5) is 0 Å². The van der Waals surface area contributed by atoms with Crippen molar-refractivity contribution in [3.63, 3.8) is 0 Å². The van der Waals surface area contributed by atoms with Crippen LogP contribution in [-0.2, 0) is 22.4 Å². The topological polar surface area (TPSA) is 87.0 Å². The van der Waals surface area contributed by atoms with E-state index in [1.165, 1.54) is 24.1 Å². The molecule has 242 valence electrons. The largest absolute Gasteiger partial charge is 0.508 e. The summed E-state index contributed by atoms with van der Waals surface area (Å²) >= 11 is 0. The third-order valence-electron chi connectivity index (χ3n) is 8.97. The molecule has 0 bridgehead atoms. The molecule has 3 N–H and O–H groups in total. The molecular weight excluding hydrogens is 548 g/mol. The number of aromatic hydroxyl groups is 1. The van der Waals surface area contributed by atoms with Gasteiger partial charge in [0.2, 0.25) is 0 Å². The molecule has 0 aliphatic heterocycles. The van der Waals surface area contributed by atoms with Gasteiger partial charge in [-0.1, -0.05) is 77.1 Å². The molecule has 3 aromatic carbocycles. The summed E-state index contributed by atoms with van der Waals surface area (Å²) in [6.07, 6.45) is 3.04. The minimum absolute atomic E-state index is 0.157. The van der Waals surface area contributed by atoms with Crippen molar-refractivity contribution in [2.75, 3.05) is 0 Å². The number of carbonyl (C=O) groups is 1. The van der Waals surface area contributed by atoms with Crippen LogP contribution in [0.3, 0.4) is 0 Å². The lowest BCUT2D eigenvalue weighted by molar-refractivity contribution is -0.144. The Balaban J connectivity index is 0.000000236. The van der Waals surface area contributed by atoms with Crippen LogP contribution in [0.15, 0.2) is 66.7 Å². The highest BCUT2D eigenvalue weighted by atomic mass is 16.5. The summed E-state index contributed by atoms with van der Waals surface area (Å²) in [5, 5.41) is 29.4. The van der Waals surface area contributed by atoms with E-state index < -0.39 is 16.6 Å². The summed E-state index contributed by atoms with van der Waals surface area (Å²) in [5.74, 6) is 2.39. The molecule has 0 saturated heterocycles. The number of fused-ring (bicyclic) bond motifs is 1. The molecule has 0 fully saturated rings. The van der Waals surface area contributed by atoms with Crippen LogP contribution in [0.2, 0.25) is 0 Å². The third-order valence-corrected chi connectivity index (χ3v) is 8.97. The van der Waals surface area contributed by atoms with E-state index in [4.69, 9.17) is 9.84 Å². The maximum atomic E-state index is 11.7. The second-order valence-electron chi connectivity index (χ2n) is 14.1. The van der Waals surface area contributed by atoms with Crippen LogP contribution < -0.4 is 4.74 Å². The van der Waals surface area contributed by atoms with E-state index in [0.29, 0.717) is 11.7 Å². The van der Waals surface area contributed by atoms with Gasteiger partial charge in [-0.15, -0.1) is 0 Å². The Morgan fingerprint density at radius 3 is 1.84 bits per heavy atom. The molecule has 0 amide bonds. The molecule has 1 aliphatic carbocycles. The van der Waals surface area contributed by atoms with Gasteiger partial charge in [-0.2, -0.15) is 0 Å². The molecule has 5 heteroatoms. The monoisotopic (exact) mass is 604 g/mol. The van der Waals surface area contributed by atoms with Gasteiger partial charge in [0.05, 0.1) is 16.6 Å². The van der Waals surface area contributed by atoms with Gasteiger partial charge >= 0.3 is 5.97 Å².